The fourth-order valence-electron chi connectivity index (χ4n) is 2.42. The molecule has 2 N–H and O–H groups in total. The van der Waals surface area contributed by atoms with Crippen molar-refractivity contribution >= 4 is 5.96 Å². The van der Waals surface area contributed by atoms with Crippen LogP contribution in [0.4, 0.5) is 0 Å². The van der Waals surface area contributed by atoms with Gasteiger partial charge in [0.25, 0.3) is 0 Å². The molecule has 0 atom stereocenters. The largest absolute Gasteiger partial charge is 0.497 e. The summed E-state index contributed by atoms with van der Waals surface area (Å²) in [5.41, 5.74) is 1.14. The molecule has 0 aliphatic carbocycles. The molecule has 6 nitrogen and oxygen atoms in total. The molecule has 130 valence electrons. The molecule has 2 rings (SSSR count). The van der Waals surface area contributed by atoms with Gasteiger partial charge in [0.2, 0.25) is 0 Å². The molecule has 6 heteroatoms. The van der Waals surface area contributed by atoms with Crippen LogP contribution in [0.2, 0.25) is 0 Å². The van der Waals surface area contributed by atoms with Gasteiger partial charge < -0.3 is 19.9 Å². The molecule has 0 spiro atoms. The summed E-state index contributed by atoms with van der Waals surface area (Å²) in [6.45, 7) is 6.68. The molecule has 0 aliphatic heterocycles. The summed E-state index contributed by atoms with van der Waals surface area (Å²) in [7, 11) is 3.44. The zero-order chi connectivity index (χ0) is 17.4. The van der Waals surface area contributed by atoms with E-state index in [2.05, 4.69) is 45.1 Å². The Morgan fingerprint density at radius 2 is 2.08 bits per heavy atom. The molecule has 0 bridgehead atoms. The third-order valence-electron chi connectivity index (χ3n) is 3.60. The van der Waals surface area contributed by atoms with E-state index in [1.807, 2.05) is 30.6 Å². The zero-order valence-corrected chi connectivity index (χ0v) is 14.9. The summed E-state index contributed by atoms with van der Waals surface area (Å²) < 4.78 is 7.42. The van der Waals surface area contributed by atoms with Crippen LogP contribution in [0.25, 0.3) is 0 Å². The van der Waals surface area contributed by atoms with Crippen LogP contribution < -0.4 is 15.4 Å². The molecular formula is C18H27N5O. The molecule has 0 radical (unpaired) electrons. The Kier molecular flexibility index (Phi) is 6.66. The van der Waals surface area contributed by atoms with Crippen molar-refractivity contribution in [1.82, 2.24) is 20.2 Å². The van der Waals surface area contributed by atoms with Crippen LogP contribution in [0.1, 0.15) is 25.2 Å². The number of methoxy groups -OCH3 is 1. The van der Waals surface area contributed by atoms with Gasteiger partial charge in [0.05, 0.1) is 13.7 Å². The summed E-state index contributed by atoms with van der Waals surface area (Å²) in [5, 5.41) is 6.61. The topological polar surface area (TPSA) is 63.5 Å². The van der Waals surface area contributed by atoms with Gasteiger partial charge in [0, 0.05) is 32.5 Å². The first kappa shape index (κ1) is 17.8. The predicted octanol–water partition coefficient (Wildman–Crippen LogP) is 2.41. The molecule has 24 heavy (non-hydrogen) atoms. The van der Waals surface area contributed by atoms with Crippen LogP contribution in [-0.2, 0) is 19.6 Å². The lowest BCUT2D eigenvalue weighted by molar-refractivity contribution is 0.414. The number of guanidine groups is 1. The van der Waals surface area contributed by atoms with E-state index in [-0.39, 0.29) is 0 Å². The molecule has 1 heterocycles. The summed E-state index contributed by atoms with van der Waals surface area (Å²) in [5.74, 6) is 3.20. The normalized spacial score (nSPS) is 11.6. The van der Waals surface area contributed by atoms with Gasteiger partial charge in [-0.15, -0.1) is 0 Å². The first-order valence-electron chi connectivity index (χ1n) is 8.19. The third kappa shape index (κ3) is 5.30. The van der Waals surface area contributed by atoms with Crippen molar-refractivity contribution in [3.05, 3.63) is 48.0 Å². The van der Waals surface area contributed by atoms with Crippen molar-refractivity contribution in [3.8, 4) is 5.75 Å². The first-order valence-corrected chi connectivity index (χ1v) is 8.19. The highest BCUT2D eigenvalue weighted by Gasteiger charge is 2.06. The molecule has 0 aliphatic rings. The van der Waals surface area contributed by atoms with Crippen LogP contribution >= 0.6 is 0 Å². The summed E-state index contributed by atoms with van der Waals surface area (Å²) in [6.07, 6.45) is 3.86. The Morgan fingerprint density at radius 1 is 1.29 bits per heavy atom. The fraction of sp³-hybridized carbons (Fsp3) is 0.444. The smallest absolute Gasteiger partial charge is 0.191 e. The van der Waals surface area contributed by atoms with Gasteiger partial charge >= 0.3 is 0 Å². The number of nitrogens with one attached hydrogen (secondary N) is 2. The van der Waals surface area contributed by atoms with Gasteiger partial charge in [-0.3, -0.25) is 4.99 Å². The van der Waals surface area contributed by atoms with E-state index in [9.17, 15) is 0 Å². The van der Waals surface area contributed by atoms with Gasteiger partial charge in [-0.05, 0) is 23.6 Å². The van der Waals surface area contributed by atoms with E-state index in [4.69, 9.17) is 4.74 Å². The summed E-state index contributed by atoms with van der Waals surface area (Å²) in [4.78, 5) is 8.68. The number of rotatable bonds is 7. The minimum atomic E-state index is 0.587. The molecule has 0 unspecified atom stereocenters. The molecule has 0 saturated carbocycles. The zero-order valence-electron chi connectivity index (χ0n) is 14.9. The number of nitrogens with zero attached hydrogens (tertiary/aromatic N) is 3. The van der Waals surface area contributed by atoms with Crippen LogP contribution in [-0.4, -0.2) is 29.7 Å². The first-order chi connectivity index (χ1) is 11.6. The Morgan fingerprint density at radius 3 is 2.79 bits per heavy atom. The van der Waals surface area contributed by atoms with Crippen LogP contribution in [0.5, 0.6) is 5.75 Å². The fourth-order valence-corrected chi connectivity index (χ4v) is 2.42. The van der Waals surface area contributed by atoms with Crippen molar-refractivity contribution in [2.45, 2.75) is 33.5 Å². The quantitative estimate of drug-likeness (QED) is 0.605. The molecule has 0 saturated heterocycles. The number of ether oxygens (including phenoxy) is 1. The van der Waals surface area contributed by atoms with E-state index in [0.29, 0.717) is 19.0 Å². The average molecular weight is 329 g/mol. The highest BCUT2D eigenvalue weighted by Crippen LogP contribution is 2.12. The van der Waals surface area contributed by atoms with Gasteiger partial charge in [-0.2, -0.15) is 0 Å². The molecular weight excluding hydrogens is 302 g/mol. The molecule has 2 aromatic rings. The standard InChI is InChI=1S/C18H27N5O/c1-14(2)13-23-9-8-20-17(23)12-22-18(19-3)21-11-15-6-5-7-16(10-15)24-4/h5-10,14H,11-13H2,1-4H3,(H2,19,21,22). The molecule has 1 aromatic carbocycles. The van der Waals surface area contributed by atoms with E-state index in [1.165, 1.54) is 0 Å². The van der Waals surface area contributed by atoms with Crippen molar-refractivity contribution in [2.75, 3.05) is 14.2 Å². The number of aromatic nitrogens is 2. The lowest BCUT2D eigenvalue weighted by atomic mass is 10.2. The van der Waals surface area contributed by atoms with Gasteiger partial charge in [-0.25, -0.2) is 4.98 Å². The minimum Gasteiger partial charge on any atom is -0.497 e. The van der Waals surface area contributed by atoms with E-state index in [0.717, 1.165) is 29.6 Å². The Labute approximate surface area is 144 Å². The van der Waals surface area contributed by atoms with Crippen molar-refractivity contribution in [1.29, 1.82) is 0 Å². The summed E-state index contributed by atoms with van der Waals surface area (Å²) >= 11 is 0. The lowest BCUT2D eigenvalue weighted by Gasteiger charge is -2.14. The van der Waals surface area contributed by atoms with Crippen molar-refractivity contribution < 1.29 is 4.74 Å². The second-order valence-electron chi connectivity index (χ2n) is 6.02. The van der Waals surface area contributed by atoms with Crippen LogP contribution in [0.15, 0.2) is 41.7 Å². The van der Waals surface area contributed by atoms with E-state index in [1.54, 1.807) is 14.2 Å². The Balaban J connectivity index is 1.87. The predicted molar refractivity (Wildman–Crippen MR) is 97.1 cm³/mol. The maximum atomic E-state index is 5.24. The number of hydrogen-bond acceptors (Lipinski definition) is 3. The molecule has 0 amide bonds. The van der Waals surface area contributed by atoms with Crippen LogP contribution in [0.3, 0.4) is 0 Å². The lowest BCUT2D eigenvalue weighted by Crippen LogP contribution is -2.37. The van der Waals surface area contributed by atoms with Gasteiger partial charge in [0.15, 0.2) is 5.96 Å². The second-order valence-corrected chi connectivity index (χ2v) is 6.02. The molecule has 0 fully saturated rings. The second kappa shape index (κ2) is 8.96. The number of aliphatic imine (C=N–C) groups is 1. The Hall–Kier alpha value is -2.50. The van der Waals surface area contributed by atoms with Crippen LogP contribution in [0, 0.1) is 5.92 Å². The number of hydrogen-bond donors (Lipinski definition) is 2. The number of imidazole rings is 1. The third-order valence-corrected chi connectivity index (χ3v) is 3.60. The number of benzene rings is 1. The van der Waals surface area contributed by atoms with Crippen molar-refractivity contribution in [3.63, 3.8) is 0 Å². The van der Waals surface area contributed by atoms with E-state index < -0.39 is 0 Å². The van der Waals surface area contributed by atoms with Gasteiger partial charge in [-0.1, -0.05) is 26.0 Å². The Bertz CT molecular complexity index is 663. The average Bonchev–Trinajstić information content (AvgIpc) is 3.01. The minimum absolute atomic E-state index is 0.587. The highest BCUT2D eigenvalue weighted by molar-refractivity contribution is 5.79. The van der Waals surface area contributed by atoms with Gasteiger partial charge in [0.1, 0.15) is 11.6 Å². The maximum Gasteiger partial charge on any atom is 0.191 e. The highest BCUT2D eigenvalue weighted by atomic mass is 16.5. The molecule has 1 aromatic heterocycles. The van der Waals surface area contributed by atoms with E-state index >= 15 is 0 Å². The van der Waals surface area contributed by atoms with Crippen molar-refractivity contribution in [2.24, 2.45) is 10.9 Å². The summed E-state index contributed by atoms with van der Waals surface area (Å²) in [6, 6.07) is 7.98. The maximum absolute atomic E-state index is 5.24. The SMILES string of the molecule is CN=C(NCc1cccc(OC)c1)NCc1nccn1CC(C)C. The monoisotopic (exact) mass is 329 g/mol.